The molecule has 0 amide bonds. The van der Waals surface area contributed by atoms with Crippen LogP contribution in [0.5, 0.6) is 0 Å². The number of rotatable bonds is 8. The normalized spacial score (nSPS) is 11.4. The Bertz CT molecular complexity index is 1220. The number of aromatic nitrogens is 3. The third kappa shape index (κ3) is 4.68. The lowest BCUT2D eigenvalue weighted by Gasteiger charge is -2.19. The van der Waals surface area contributed by atoms with E-state index in [2.05, 4.69) is 98.6 Å². The van der Waals surface area contributed by atoms with Crippen LogP contribution in [0.4, 0.5) is 5.82 Å². The Hall–Kier alpha value is -3.18. The van der Waals surface area contributed by atoms with Gasteiger partial charge in [0, 0.05) is 30.3 Å². The molecule has 0 fully saturated rings. The van der Waals surface area contributed by atoms with E-state index in [-0.39, 0.29) is 0 Å². The average molecular weight is 428 g/mol. The molecule has 1 N–H and O–H groups in total. The summed E-state index contributed by atoms with van der Waals surface area (Å²) in [6.45, 7) is 11.5. The van der Waals surface area contributed by atoms with Gasteiger partial charge in [-0.3, -0.25) is 0 Å². The summed E-state index contributed by atoms with van der Waals surface area (Å²) < 4.78 is 1.91. The fraction of sp³-hybridized carbons (Fsp3) is 0.333. The molecule has 0 unspecified atom stereocenters. The molecule has 0 bridgehead atoms. The molecule has 32 heavy (non-hydrogen) atoms. The van der Waals surface area contributed by atoms with Crippen LogP contribution in [0.15, 0.2) is 54.7 Å². The van der Waals surface area contributed by atoms with Crippen LogP contribution in [-0.2, 0) is 6.54 Å². The molecule has 4 aromatic rings. The second-order valence-electron chi connectivity index (χ2n) is 8.78. The molecular weight excluding hydrogens is 394 g/mol. The fourth-order valence-electron chi connectivity index (χ4n) is 4.12. The Morgan fingerprint density at radius 2 is 1.72 bits per heavy atom. The van der Waals surface area contributed by atoms with Crippen molar-refractivity contribution in [3.05, 3.63) is 82.5 Å². The summed E-state index contributed by atoms with van der Waals surface area (Å²) in [4.78, 5) is 7.29. The maximum absolute atomic E-state index is 4.90. The van der Waals surface area contributed by atoms with Gasteiger partial charge in [-0.2, -0.15) is 9.61 Å². The van der Waals surface area contributed by atoms with Crippen LogP contribution in [-0.4, -0.2) is 39.6 Å². The lowest BCUT2D eigenvalue weighted by molar-refractivity contribution is 0.324. The van der Waals surface area contributed by atoms with Gasteiger partial charge >= 0.3 is 0 Å². The predicted octanol–water partition coefficient (Wildman–Crippen LogP) is 5.56. The zero-order valence-corrected chi connectivity index (χ0v) is 19.8. The zero-order valence-electron chi connectivity index (χ0n) is 19.8. The highest BCUT2D eigenvalue weighted by Gasteiger charge is 2.12. The van der Waals surface area contributed by atoms with Crippen molar-refractivity contribution in [1.29, 1.82) is 0 Å². The molecule has 0 aliphatic carbocycles. The highest BCUT2D eigenvalue weighted by atomic mass is 15.3. The molecule has 4 rings (SSSR count). The molecule has 5 nitrogen and oxygen atoms in total. The molecule has 0 spiro atoms. The molecule has 2 aromatic heterocycles. The molecular formula is C27H33N5. The standard InChI is InChI=1S/C27H33N5/c1-19-11-8-12-23(22(19)4)18-31(5)15-9-14-28-26-16-25(24-13-7-6-10-20(24)2)30-27-21(3)17-29-32(26)27/h6-8,10-13,16-17,28H,9,14-15,18H2,1-5H3. The van der Waals surface area contributed by atoms with E-state index in [4.69, 9.17) is 4.98 Å². The predicted molar refractivity (Wildman–Crippen MR) is 133 cm³/mol. The molecule has 166 valence electrons. The largest absolute Gasteiger partial charge is 0.370 e. The number of nitrogens with zero attached hydrogens (tertiary/aromatic N) is 4. The summed E-state index contributed by atoms with van der Waals surface area (Å²) in [7, 11) is 2.19. The first-order chi connectivity index (χ1) is 15.4. The smallest absolute Gasteiger partial charge is 0.160 e. The van der Waals surface area contributed by atoms with Crippen LogP contribution in [0.2, 0.25) is 0 Å². The Labute approximate surface area is 191 Å². The average Bonchev–Trinajstić information content (AvgIpc) is 3.15. The van der Waals surface area contributed by atoms with Crippen LogP contribution < -0.4 is 5.32 Å². The summed E-state index contributed by atoms with van der Waals surface area (Å²) in [5, 5.41) is 8.15. The van der Waals surface area contributed by atoms with Gasteiger partial charge in [-0.15, -0.1) is 0 Å². The van der Waals surface area contributed by atoms with E-state index in [1.54, 1.807) is 0 Å². The van der Waals surface area contributed by atoms with Crippen molar-refractivity contribution < 1.29 is 0 Å². The molecule has 2 aromatic carbocycles. The number of fused-ring (bicyclic) bond motifs is 1. The van der Waals surface area contributed by atoms with E-state index in [0.29, 0.717) is 0 Å². The van der Waals surface area contributed by atoms with Gasteiger partial charge in [0.15, 0.2) is 5.65 Å². The van der Waals surface area contributed by atoms with Crippen molar-refractivity contribution in [3.8, 4) is 11.3 Å². The third-order valence-corrected chi connectivity index (χ3v) is 6.25. The van der Waals surface area contributed by atoms with Gasteiger partial charge in [0.25, 0.3) is 0 Å². The van der Waals surface area contributed by atoms with E-state index < -0.39 is 0 Å². The summed E-state index contributed by atoms with van der Waals surface area (Å²) in [6, 6.07) is 17.1. The second-order valence-corrected chi connectivity index (χ2v) is 8.78. The van der Waals surface area contributed by atoms with E-state index in [1.807, 2.05) is 10.7 Å². The van der Waals surface area contributed by atoms with Crippen LogP contribution in [0.3, 0.4) is 0 Å². The molecule has 2 heterocycles. The van der Waals surface area contributed by atoms with Gasteiger partial charge in [0.1, 0.15) is 5.82 Å². The zero-order chi connectivity index (χ0) is 22.7. The minimum Gasteiger partial charge on any atom is -0.370 e. The maximum Gasteiger partial charge on any atom is 0.160 e. The van der Waals surface area contributed by atoms with Crippen LogP contribution in [0.25, 0.3) is 16.9 Å². The summed E-state index contributed by atoms with van der Waals surface area (Å²) in [5.74, 6) is 0.985. The van der Waals surface area contributed by atoms with Gasteiger partial charge in [0.05, 0.1) is 11.9 Å². The quantitative estimate of drug-likeness (QED) is 0.374. The molecule has 0 saturated heterocycles. The van der Waals surface area contributed by atoms with Crippen molar-refractivity contribution in [2.75, 3.05) is 25.5 Å². The Morgan fingerprint density at radius 1 is 0.938 bits per heavy atom. The SMILES string of the molecule is Cc1ccccc1-c1cc(NCCCN(C)Cc2cccc(C)c2C)n2ncc(C)c2n1. The molecule has 0 aliphatic heterocycles. The van der Waals surface area contributed by atoms with Crippen molar-refractivity contribution in [1.82, 2.24) is 19.5 Å². The van der Waals surface area contributed by atoms with Gasteiger partial charge in [-0.25, -0.2) is 4.98 Å². The monoisotopic (exact) mass is 427 g/mol. The molecule has 0 aliphatic rings. The number of hydrogen-bond donors (Lipinski definition) is 1. The molecule has 5 heteroatoms. The van der Waals surface area contributed by atoms with Crippen LogP contribution >= 0.6 is 0 Å². The lowest BCUT2D eigenvalue weighted by Crippen LogP contribution is -2.22. The van der Waals surface area contributed by atoms with Gasteiger partial charge in [-0.1, -0.05) is 42.5 Å². The van der Waals surface area contributed by atoms with E-state index in [9.17, 15) is 0 Å². The van der Waals surface area contributed by atoms with Gasteiger partial charge in [0.2, 0.25) is 0 Å². The van der Waals surface area contributed by atoms with Crippen molar-refractivity contribution >= 4 is 11.5 Å². The highest BCUT2D eigenvalue weighted by Crippen LogP contribution is 2.26. The minimum absolute atomic E-state index is 0.877. The molecule has 0 saturated carbocycles. The number of benzene rings is 2. The Morgan fingerprint density at radius 3 is 2.53 bits per heavy atom. The topological polar surface area (TPSA) is 45.5 Å². The first-order valence-electron chi connectivity index (χ1n) is 11.3. The fourth-order valence-corrected chi connectivity index (χ4v) is 4.12. The van der Waals surface area contributed by atoms with E-state index >= 15 is 0 Å². The number of aryl methyl sites for hydroxylation is 3. The molecule has 0 radical (unpaired) electrons. The van der Waals surface area contributed by atoms with Gasteiger partial charge in [-0.05, 0) is 70.0 Å². The van der Waals surface area contributed by atoms with Crippen molar-refractivity contribution in [2.24, 2.45) is 0 Å². The van der Waals surface area contributed by atoms with E-state index in [1.165, 1.54) is 22.3 Å². The summed E-state index contributed by atoms with van der Waals surface area (Å²) in [5.41, 5.74) is 9.51. The number of hydrogen-bond acceptors (Lipinski definition) is 4. The third-order valence-electron chi connectivity index (χ3n) is 6.25. The second kappa shape index (κ2) is 9.53. The summed E-state index contributed by atoms with van der Waals surface area (Å²) in [6.07, 6.45) is 2.93. The van der Waals surface area contributed by atoms with Crippen molar-refractivity contribution in [3.63, 3.8) is 0 Å². The first kappa shape index (κ1) is 22.0. The van der Waals surface area contributed by atoms with Crippen LogP contribution in [0.1, 0.15) is 34.2 Å². The highest BCUT2D eigenvalue weighted by molar-refractivity contribution is 5.70. The Balaban J connectivity index is 1.44. The van der Waals surface area contributed by atoms with Crippen molar-refractivity contribution in [2.45, 2.75) is 40.7 Å². The number of anilines is 1. The van der Waals surface area contributed by atoms with E-state index in [0.717, 1.165) is 54.3 Å². The number of nitrogens with one attached hydrogen (secondary N) is 1. The van der Waals surface area contributed by atoms with Crippen LogP contribution in [0, 0.1) is 27.7 Å². The maximum atomic E-state index is 4.90. The van der Waals surface area contributed by atoms with Gasteiger partial charge < -0.3 is 10.2 Å². The summed E-state index contributed by atoms with van der Waals surface area (Å²) >= 11 is 0. The lowest BCUT2D eigenvalue weighted by atomic mass is 10.0. The Kier molecular flexibility index (Phi) is 6.56. The first-order valence-corrected chi connectivity index (χ1v) is 11.3. The minimum atomic E-state index is 0.877. The molecule has 0 atom stereocenters.